The second kappa shape index (κ2) is 12.6. The number of ether oxygens (including phenoxy) is 2. The molecule has 0 aliphatic carbocycles. The Morgan fingerprint density at radius 3 is 2.55 bits per heavy atom. The topological polar surface area (TPSA) is 331 Å². The van der Waals surface area contributed by atoms with E-state index in [1.54, 1.807) is 0 Å². The van der Waals surface area contributed by atoms with E-state index in [0.717, 1.165) is 10.8 Å². The first-order valence-electron chi connectivity index (χ1n) is 10.4. The number of nitrogens with zero attached hydrogens (tertiary/aromatic N) is 7. The molecule has 1 saturated heterocycles. The van der Waals surface area contributed by atoms with Crippen LogP contribution in [-0.2, 0) is 42.9 Å². The third-order valence-corrected chi connectivity index (χ3v) is 8.47. The monoisotopic (exact) mass is 628 g/mol. The fourth-order valence-corrected chi connectivity index (χ4v) is 6.24. The van der Waals surface area contributed by atoms with E-state index in [-0.39, 0.29) is 30.2 Å². The maximum absolute atomic E-state index is 12.9. The number of anilines is 1. The summed E-state index contributed by atoms with van der Waals surface area (Å²) >= 11 is 0. The van der Waals surface area contributed by atoms with E-state index in [1.807, 2.05) is 0 Å². The molecule has 22 nitrogen and oxygen atoms in total. The number of phosphoric acid groups is 3. The van der Waals surface area contributed by atoms with Crippen LogP contribution in [0, 0.1) is 0 Å². The van der Waals surface area contributed by atoms with Crippen molar-refractivity contribution in [2.24, 2.45) is 5.11 Å². The van der Waals surface area contributed by atoms with Gasteiger partial charge in [0.1, 0.15) is 24.3 Å². The van der Waals surface area contributed by atoms with Crippen molar-refractivity contribution in [3.05, 3.63) is 57.0 Å². The Morgan fingerprint density at radius 1 is 1.20 bits per heavy atom. The second-order valence-corrected chi connectivity index (χ2v) is 11.9. The van der Waals surface area contributed by atoms with Crippen LogP contribution in [0.3, 0.4) is 0 Å². The minimum absolute atomic E-state index is 0.0514. The smallest absolute Gasteiger partial charge is 0.455 e. The highest BCUT2D eigenvalue weighted by molar-refractivity contribution is 7.66. The van der Waals surface area contributed by atoms with Gasteiger partial charge in [0.05, 0.1) is 18.8 Å². The SMILES string of the molecule is [N-]=[N+]=NCc1nccnc1C(=O)OC1C[C@H](n2ccc(N)nc2=O)O[C@@H]1COP(=O)(O)OP(=O)(O)OP(=O)(O)O. The maximum Gasteiger partial charge on any atom is 0.490 e. The summed E-state index contributed by atoms with van der Waals surface area (Å²) in [5.41, 5.74) is 12.7. The standard InChI is InChI=1S/C15H19N8O14P3/c16-11-1-4-23(15(25)21-11)12-5-9(35-14(24)13-8(6-20-22-17)18-2-3-19-13)10(34-12)7-33-39(29,30)37-40(31,32)36-38(26,27)28/h1-4,9-10,12H,5-7H2,(H,29,30)(H,31,32)(H2,16,21,25)(H2,26,27,28)/t9?,10-,12-/m1/s1. The van der Waals surface area contributed by atoms with E-state index in [4.69, 9.17) is 30.5 Å². The Morgan fingerprint density at radius 2 is 1.90 bits per heavy atom. The van der Waals surface area contributed by atoms with Gasteiger partial charge in [0, 0.05) is 29.9 Å². The molecule has 6 N–H and O–H groups in total. The number of aromatic nitrogens is 4. The molecule has 2 aromatic rings. The largest absolute Gasteiger partial charge is 0.490 e. The van der Waals surface area contributed by atoms with Crippen molar-refractivity contribution in [2.75, 3.05) is 12.3 Å². The van der Waals surface area contributed by atoms with E-state index in [2.05, 4.69) is 38.1 Å². The van der Waals surface area contributed by atoms with Crippen molar-refractivity contribution < 1.29 is 60.7 Å². The van der Waals surface area contributed by atoms with E-state index in [0.29, 0.717) is 0 Å². The molecule has 0 amide bonds. The molecule has 0 aromatic carbocycles. The molecule has 1 aliphatic rings. The average Bonchev–Trinajstić information content (AvgIpc) is 3.21. The number of carbonyl (C=O) groups excluding carboxylic acids is 1. The molecule has 1 aliphatic heterocycles. The normalized spacial score (nSPS) is 22.1. The van der Waals surface area contributed by atoms with Gasteiger partial charge in [-0.25, -0.2) is 28.3 Å². The van der Waals surface area contributed by atoms with Crippen LogP contribution in [0.5, 0.6) is 0 Å². The van der Waals surface area contributed by atoms with E-state index >= 15 is 0 Å². The molecule has 0 saturated carbocycles. The van der Waals surface area contributed by atoms with Crippen LogP contribution in [-0.4, -0.2) is 63.9 Å². The fourth-order valence-electron chi connectivity index (χ4n) is 3.21. The summed E-state index contributed by atoms with van der Waals surface area (Å²) in [5, 5.41) is 3.30. The van der Waals surface area contributed by atoms with Crippen LogP contribution in [0.2, 0.25) is 0 Å². The molecule has 25 heteroatoms. The van der Waals surface area contributed by atoms with Crippen molar-refractivity contribution in [1.82, 2.24) is 19.5 Å². The molecule has 2 aromatic heterocycles. The average molecular weight is 628 g/mol. The lowest BCUT2D eigenvalue weighted by atomic mass is 10.2. The first-order valence-corrected chi connectivity index (χ1v) is 14.9. The molecular weight excluding hydrogens is 609 g/mol. The molecule has 3 heterocycles. The van der Waals surface area contributed by atoms with Gasteiger partial charge in [-0.05, 0) is 11.6 Å². The second-order valence-electron chi connectivity index (χ2n) is 7.48. The Hall–Kier alpha value is -3.09. The Bertz CT molecular complexity index is 1510. The Labute approximate surface area is 221 Å². The highest BCUT2D eigenvalue weighted by atomic mass is 31.3. The number of hydrogen-bond acceptors (Lipinski definition) is 15. The van der Waals surface area contributed by atoms with Gasteiger partial charge in [-0.2, -0.15) is 13.6 Å². The van der Waals surface area contributed by atoms with Gasteiger partial charge in [0.15, 0.2) is 5.69 Å². The summed E-state index contributed by atoms with van der Waals surface area (Å²) in [6, 6.07) is 1.26. The lowest BCUT2D eigenvalue weighted by Gasteiger charge is -2.21. The molecule has 0 radical (unpaired) electrons. The Balaban J connectivity index is 1.82. The van der Waals surface area contributed by atoms with Gasteiger partial charge in [-0.3, -0.25) is 14.1 Å². The number of nitrogen functional groups attached to an aromatic ring is 1. The number of rotatable bonds is 12. The molecule has 3 rings (SSSR count). The van der Waals surface area contributed by atoms with Crippen LogP contribution in [0.1, 0.15) is 28.8 Å². The molecule has 218 valence electrons. The minimum Gasteiger partial charge on any atom is -0.455 e. The maximum atomic E-state index is 12.9. The molecule has 5 atom stereocenters. The summed E-state index contributed by atoms with van der Waals surface area (Å²) in [6.07, 6.45) is -0.690. The number of phosphoric ester groups is 1. The molecule has 3 unspecified atom stereocenters. The van der Waals surface area contributed by atoms with Gasteiger partial charge < -0.3 is 34.8 Å². The quantitative estimate of drug-likeness (QED) is 0.0692. The molecule has 0 spiro atoms. The van der Waals surface area contributed by atoms with Crippen LogP contribution < -0.4 is 11.4 Å². The number of esters is 1. The van der Waals surface area contributed by atoms with Gasteiger partial charge in [-0.1, -0.05) is 5.11 Å². The van der Waals surface area contributed by atoms with E-state index in [9.17, 15) is 33.1 Å². The molecular formula is C15H19N8O14P3. The minimum atomic E-state index is -5.80. The predicted octanol–water partition coefficient (Wildman–Crippen LogP) is 0.282. The predicted molar refractivity (Wildman–Crippen MR) is 125 cm³/mol. The highest BCUT2D eigenvalue weighted by Gasteiger charge is 2.44. The van der Waals surface area contributed by atoms with Gasteiger partial charge in [0.25, 0.3) is 0 Å². The summed E-state index contributed by atoms with van der Waals surface area (Å²) in [5.74, 6) is -1.21. The number of hydrogen-bond donors (Lipinski definition) is 5. The van der Waals surface area contributed by atoms with Crippen LogP contribution in [0.15, 0.2) is 34.6 Å². The Kier molecular flexibility index (Phi) is 9.91. The third-order valence-electron chi connectivity index (χ3n) is 4.67. The molecule has 40 heavy (non-hydrogen) atoms. The van der Waals surface area contributed by atoms with E-state index in [1.165, 1.54) is 18.5 Å². The van der Waals surface area contributed by atoms with Crippen molar-refractivity contribution in [3.63, 3.8) is 0 Å². The summed E-state index contributed by atoms with van der Waals surface area (Å²) in [7, 11) is -17.0. The van der Waals surface area contributed by atoms with Gasteiger partial charge in [0.2, 0.25) is 0 Å². The lowest BCUT2D eigenvalue weighted by molar-refractivity contribution is -0.0512. The highest BCUT2D eigenvalue weighted by Crippen LogP contribution is 2.66. The zero-order chi connectivity index (χ0) is 29.7. The van der Waals surface area contributed by atoms with Crippen LogP contribution in [0.4, 0.5) is 5.82 Å². The van der Waals surface area contributed by atoms with Gasteiger partial charge in [-0.15, -0.1) is 0 Å². The number of carbonyl (C=O) groups is 1. The van der Waals surface area contributed by atoms with Crippen LogP contribution in [0.25, 0.3) is 10.4 Å². The zero-order valence-electron chi connectivity index (χ0n) is 19.6. The third kappa shape index (κ3) is 8.97. The first-order chi connectivity index (χ1) is 18.6. The fraction of sp³-hybridized carbons (Fsp3) is 0.400. The zero-order valence-corrected chi connectivity index (χ0v) is 22.3. The first kappa shape index (κ1) is 31.4. The van der Waals surface area contributed by atoms with Crippen molar-refractivity contribution >= 4 is 35.3 Å². The number of azide groups is 1. The van der Waals surface area contributed by atoms with Crippen molar-refractivity contribution in [2.45, 2.75) is 31.4 Å². The number of nitrogens with two attached hydrogens (primary N) is 1. The van der Waals surface area contributed by atoms with E-state index < -0.39 is 60.2 Å². The molecule has 0 bridgehead atoms. The van der Waals surface area contributed by atoms with Crippen molar-refractivity contribution in [1.29, 1.82) is 0 Å². The van der Waals surface area contributed by atoms with Crippen molar-refractivity contribution in [3.8, 4) is 0 Å². The molecule has 1 fully saturated rings. The lowest BCUT2D eigenvalue weighted by Crippen LogP contribution is -2.31. The van der Waals surface area contributed by atoms with Gasteiger partial charge >= 0.3 is 35.1 Å². The summed E-state index contributed by atoms with van der Waals surface area (Å²) in [4.78, 5) is 75.3. The van der Waals surface area contributed by atoms with Crippen LogP contribution >= 0.6 is 23.5 Å². The summed E-state index contributed by atoms with van der Waals surface area (Å²) < 4.78 is 58.4. The summed E-state index contributed by atoms with van der Waals surface area (Å²) in [6.45, 7) is -1.36.